The van der Waals surface area contributed by atoms with Crippen LogP contribution in [0.4, 0.5) is 10.6 Å². The standard InChI is InChI=1S/C22H28N6O4/c1-22(16-26-14-19(28(30)31)23-20(26)32-22)15-25-11-12-27(21(25)29)18-7-9-24(10-8-18)13-17-5-3-2-4-6-17/h2-6,14,18H,7-13,15-16H2,1H3. The highest BCUT2D eigenvalue weighted by molar-refractivity contribution is 5.77. The van der Waals surface area contributed by atoms with Gasteiger partial charge in [-0.05, 0) is 30.3 Å². The van der Waals surface area contributed by atoms with Gasteiger partial charge in [-0.1, -0.05) is 30.3 Å². The quantitative estimate of drug-likeness (QED) is 0.505. The summed E-state index contributed by atoms with van der Waals surface area (Å²) in [5, 5.41) is 10.9. The maximum atomic E-state index is 13.1. The third-order valence-corrected chi connectivity index (χ3v) is 6.66. The predicted octanol–water partition coefficient (Wildman–Crippen LogP) is 2.34. The van der Waals surface area contributed by atoms with Crippen LogP contribution in [0.25, 0.3) is 0 Å². The van der Waals surface area contributed by atoms with Crippen LogP contribution in [0.15, 0.2) is 36.5 Å². The minimum atomic E-state index is -0.637. The van der Waals surface area contributed by atoms with Crippen molar-refractivity contribution in [2.45, 2.75) is 44.5 Å². The monoisotopic (exact) mass is 440 g/mol. The molecule has 0 spiro atoms. The van der Waals surface area contributed by atoms with Gasteiger partial charge in [-0.2, -0.15) is 0 Å². The van der Waals surface area contributed by atoms with Crippen LogP contribution in [0.5, 0.6) is 6.01 Å². The van der Waals surface area contributed by atoms with Crippen LogP contribution in [0, 0.1) is 10.1 Å². The van der Waals surface area contributed by atoms with Crippen molar-refractivity contribution in [1.29, 1.82) is 0 Å². The first-order valence-electron chi connectivity index (χ1n) is 11.1. The number of imidazole rings is 1. The normalized spacial score (nSPS) is 24.1. The van der Waals surface area contributed by atoms with Gasteiger partial charge in [0, 0.05) is 43.7 Å². The molecule has 10 heteroatoms. The number of nitrogens with zero attached hydrogens (tertiary/aromatic N) is 6. The van der Waals surface area contributed by atoms with Crippen molar-refractivity contribution in [2.75, 3.05) is 32.7 Å². The molecule has 0 saturated carbocycles. The number of rotatable bonds is 6. The number of carbonyl (C=O) groups excluding carboxylic acids is 1. The maximum Gasteiger partial charge on any atom is 0.415 e. The molecule has 3 aliphatic heterocycles. The second kappa shape index (κ2) is 8.09. The molecule has 2 amide bonds. The van der Waals surface area contributed by atoms with E-state index in [4.69, 9.17) is 4.74 Å². The summed E-state index contributed by atoms with van der Waals surface area (Å²) in [6.07, 6.45) is 3.36. The number of piperidine rings is 1. The molecule has 3 aliphatic rings. The van der Waals surface area contributed by atoms with E-state index in [0.717, 1.165) is 39.0 Å². The molecule has 2 fully saturated rings. The Morgan fingerprint density at radius 1 is 1.19 bits per heavy atom. The Morgan fingerprint density at radius 3 is 2.62 bits per heavy atom. The lowest BCUT2D eigenvalue weighted by Crippen LogP contribution is -2.49. The second-order valence-electron chi connectivity index (χ2n) is 9.21. The zero-order valence-electron chi connectivity index (χ0n) is 18.2. The molecule has 10 nitrogen and oxygen atoms in total. The van der Waals surface area contributed by atoms with E-state index < -0.39 is 10.5 Å². The summed E-state index contributed by atoms with van der Waals surface area (Å²) in [5.74, 6) is -0.218. The van der Waals surface area contributed by atoms with Gasteiger partial charge in [-0.3, -0.25) is 9.47 Å². The first kappa shape index (κ1) is 20.7. The lowest BCUT2D eigenvalue weighted by Gasteiger charge is -2.37. The molecular weight excluding hydrogens is 412 g/mol. The fraction of sp³-hybridized carbons (Fsp3) is 0.545. The molecule has 1 aromatic carbocycles. The number of carbonyl (C=O) groups is 1. The Balaban J connectivity index is 1.14. The first-order valence-corrected chi connectivity index (χ1v) is 11.1. The number of benzene rings is 1. The largest absolute Gasteiger partial charge is 0.436 e. The van der Waals surface area contributed by atoms with Crippen molar-refractivity contribution in [1.82, 2.24) is 24.3 Å². The number of likely N-dealkylation sites (tertiary alicyclic amines) is 1. The minimum Gasteiger partial charge on any atom is -0.436 e. The third kappa shape index (κ3) is 4.02. The van der Waals surface area contributed by atoms with Crippen LogP contribution in [0.3, 0.4) is 0 Å². The Bertz CT molecular complexity index is 978. The summed E-state index contributed by atoms with van der Waals surface area (Å²) in [6, 6.07) is 11.1. The van der Waals surface area contributed by atoms with E-state index in [1.807, 2.05) is 22.8 Å². The second-order valence-corrected chi connectivity index (χ2v) is 9.21. The zero-order valence-corrected chi connectivity index (χ0v) is 18.2. The molecule has 4 heterocycles. The fourth-order valence-electron chi connectivity index (χ4n) is 5.08. The van der Waals surface area contributed by atoms with Gasteiger partial charge in [0.05, 0.1) is 13.1 Å². The molecule has 2 saturated heterocycles. The van der Waals surface area contributed by atoms with Crippen molar-refractivity contribution in [2.24, 2.45) is 0 Å². The third-order valence-electron chi connectivity index (χ3n) is 6.66. The Kier molecular flexibility index (Phi) is 5.24. The summed E-state index contributed by atoms with van der Waals surface area (Å²) in [5.41, 5.74) is 0.687. The molecule has 0 N–H and O–H groups in total. The van der Waals surface area contributed by atoms with Crippen LogP contribution in [0.1, 0.15) is 25.3 Å². The molecule has 1 unspecified atom stereocenters. The van der Waals surface area contributed by atoms with Crippen LogP contribution in [0.2, 0.25) is 0 Å². The average Bonchev–Trinajstić information content (AvgIpc) is 3.41. The highest BCUT2D eigenvalue weighted by Crippen LogP contribution is 2.32. The van der Waals surface area contributed by atoms with E-state index in [-0.39, 0.29) is 23.9 Å². The first-order chi connectivity index (χ1) is 15.4. The SMILES string of the molecule is CC1(CN2CCN(C3CCN(Cc4ccccc4)CC3)C2=O)Cn2cc([N+](=O)[O-])nc2O1. The van der Waals surface area contributed by atoms with Crippen molar-refractivity contribution in [3.05, 3.63) is 52.2 Å². The molecule has 0 aliphatic carbocycles. The van der Waals surface area contributed by atoms with E-state index in [0.29, 0.717) is 19.6 Å². The summed E-state index contributed by atoms with van der Waals surface area (Å²) in [4.78, 5) is 33.7. The Morgan fingerprint density at radius 2 is 1.94 bits per heavy atom. The van der Waals surface area contributed by atoms with Crippen molar-refractivity contribution in [3.63, 3.8) is 0 Å². The number of urea groups is 1. The number of ether oxygens (including phenoxy) is 1. The summed E-state index contributed by atoms with van der Waals surface area (Å²) < 4.78 is 7.57. The van der Waals surface area contributed by atoms with Gasteiger partial charge in [-0.15, -0.1) is 0 Å². The van der Waals surface area contributed by atoms with Crippen molar-refractivity contribution in [3.8, 4) is 6.01 Å². The topological polar surface area (TPSA) is 97.0 Å². The molecule has 1 aromatic heterocycles. The van der Waals surface area contributed by atoms with E-state index in [2.05, 4.69) is 34.1 Å². The van der Waals surface area contributed by atoms with E-state index in [1.54, 1.807) is 4.57 Å². The van der Waals surface area contributed by atoms with E-state index >= 15 is 0 Å². The van der Waals surface area contributed by atoms with Gasteiger partial charge >= 0.3 is 17.9 Å². The minimum absolute atomic E-state index is 0.0619. The number of aromatic nitrogens is 2. The summed E-state index contributed by atoms with van der Waals surface area (Å²) in [6.45, 7) is 7.13. The van der Waals surface area contributed by atoms with Crippen LogP contribution < -0.4 is 4.74 Å². The van der Waals surface area contributed by atoms with Gasteiger partial charge in [0.2, 0.25) is 0 Å². The lowest BCUT2D eigenvalue weighted by molar-refractivity contribution is -0.389. The lowest BCUT2D eigenvalue weighted by atomic mass is 10.0. The fourth-order valence-corrected chi connectivity index (χ4v) is 5.08. The van der Waals surface area contributed by atoms with Crippen LogP contribution >= 0.6 is 0 Å². The highest BCUT2D eigenvalue weighted by atomic mass is 16.6. The molecule has 5 rings (SSSR count). The smallest absolute Gasteiger partial charge is 0.415 e. The number of hydrogen-bond donors (Lipinski definition) is 0. The van der Waals surface area contributed by atoms with Gasteiger partial charge < -0.3 is 24.7 Å². The van der Waals surface area contributed by atoms with Gasteiger partial charge in [0.15, 0.2) is 0 Å². The van der Waals surface area contributed by atoms with E-state index in [9.17, 15) is 14.9 Å². The van der Waals surface area contributed by atoms with E-state index in [1.165, 1.54) is 11.8 Å². The Labute approximate surface area is 186 Å². The zero-order chi connectivity index (χ0) is 22.3. The predicted molar refractivity (Wildman–Crippen MR) is 116 cm³/mol. The molecular formula is C22H28N6O4. The highest BCUT2D eigenvalue weighted by Gasteiger charge is 2.45. The molecule has 0 bridgehead atoms. The van der Waals surface area contributed by atoms with Crippen LogP contribution in [-0.2, 0) is 13.1 Å². The van der Waals surface area contributed by atoms with Crippen molar-refractivity contribution < 1.29 is 14.5 Å². The average molecular weight is 441 g/mol. The molecule has 1 atom stereocenters. The van der Waals surface area contributed by atoms with Gasteiger partial charge in [0.25, 0.3) is 0 Å². The Hall–Kier alpha value is -3.14. The number of hydrogen-bond acceptors (Lipinski definition) is 6. The number of amides is 2. The summed E-state index contributed by atoms with van der Waals surface area (Å²) in [7, 11) is 0. The van der Waals surface area contributed by atoms with Crippen molar-refractivity contribution >= 4 is 11.8 Å². The maximum absolute atomic E-state index is 13.1. The molecule has 2 aromatic rings. The number of nitro groups is 1. The molecule has 170 valence electrons. The van der Waals surface area contributed by atoms with Gasteiger partial charge in [-0.25, -0.2) is 4.79 Å². The van der Waals surface area contributed by atoms with Gasteiger partial charge in [0.1, 0.15) is 11.8 Å². The number of fused-ring (bicyclic) bond motifs is 1. The summed E-state index contributed by atoms with van der Waals surface area (Å²) >= 11 is 0. The molecule has 0 radical (unpaired) electrons. The van der Waals surface area contributed by atoms with Crippen LogP contribution in [-0.4, -0.2) is 79.6 Å². The molecule has 32 heavy (non-hydrogen) atoms.